The van der Waals surface area contributed by atoms with E-state index >= 15 is 0 Å². The Hall–Kier alpha value is -1.47. The van der Waals surface area contributed by atoms with Crippen molar-refractivity contribution in [1.29, 1.82) is 0 Å². The molecule has 0 aliphatic heterocycles. The number of nitrogens with zero attached hydrogens (tertiary/aromatic N) is 1. The van der Waals surface area contributed by atoms with Gasteiger partial charge in [-0.2, -0.15) is 0 Å². The van der Waals surface area contributed by atoms with Gasteiger partial charge in [0.05, 0.1) is 0 Å². The van der Waals surface area contributed by atoms with Crippen LogP contribution in [0.2, 0.25) is 0 Å². The first-order valence-corrected chi connectivity index (χ1v) is 11.3. The second-order valence-electron chi connectivity index (χ2n) is 7.72. The number of aromatic nitrogens is 1. The van der Waals surface area contributed by atoms with Crippen molar-refractivity contribution in [3.63, 3.8) is 0 Å². The fourth-order valence-electron chi connectivity index (χ4n) is 4.67. The van der Waals surface area contributed by atoms with Crippen molar-refractivity contribution in [2.45, 2.75) is 69.2 Å². The molecule has 0 radical (unpaired) electrons. The highest BCUT2D eigenvalue weighted by Crippen LogP contribution is 2.41. The highest BCUT2D eigenvalue weighted by atomic mass is 32.2. The second-order valence-corrected chi connectivity index (χ2v) is 9.23. The van der Waals surface area contributed by atoms with E-state index in [2.05, 4.69) is 10.3 Å². The predicted molar refractivity (Wildman–Crippen MR) is 101 cm³/mol. The van der Waals surface area contributed by atoms with Crippen LogP contribution in [0.3, 0.4) is 0 Å². The van der Waals surface area contributed by atoms with Gasteiger partial charge in [0.15, 0.2) is 5.03 Å². The van der Waals surface area contributed by atoms with Crippen molar-refractivity contribution >= 4 is 21.6 Å². The maximum Gasteiger partial charge on any atom is 0.255 e. The van der Waals surface area contributed by atoms with Crippen LogP contribution in [-0.4, -0.2) is 19.3 Å². The fraction of sp³-hybridized carbons (Fsp3) is 0.684. The third-order valence-corrected chi connectivity index (χ3v) is 6.76. The van der Waals surface area contributed by atoms with Gasteiger partial charge in [-0.15, -0.1) is 0 Å². The maximum atomic E-state index is 13.0. The van der Waals surface area contributed by atoms with Crippen molar-refractivity contribution in [3.8, 4) is 0 Å². The van der Waals surface area contributed by atoms with Crippen LogP contribution in [0.25, 0.3) is 0 Å². The van der Waals surface area contributed by atoms with E-state index in [-0.39, 0.29) is 16.9 Å². The summed E-state index contributed by atoms with van der Waals surface area (Å²) < 4.78 is 22.9. The van der Waals surface area contributed by atoms with Crippen molar-refractivity contribution in [3.05, 3.63) is 18.3 Å². The molecular weight excluding hydrogens is 350 g/mol. The molecule has 2 fully saturated rings. The van der Waals surface area contributed by atoms with Gasteiger partial charge in [-0.1, -0.05) is 51.4 Å². The Morgan fingerprint density at radius 2 is 1.69 bits per heavy atom. The van der Waals surface area contributed by atoms with Crippen LogP contribution in [0, 0.1) is 17.8 Å². The lowest BCUT2D eigenvalue weighted by molar-refractivity contribution is -0.123. The molecule has 7 heteroatoms. The van der Waals surface area contributed by atoms with Gasteiger partial charge in [0.25, 0.3) is 10.0 Å². The first-order valence-electron chi connectivity index (χ1n) is 9.75. The highest BCUT2D eigenvalue weighted by molar-refractivity contribution is 7.89. The Labute approximate surface area is 156 Å². The number of nitrogens with two attached hydrogens (primary N) is 1. The molecule has 1 aromatic rings. The van der Waals surface area contributed by atoms with Gasteiger partial charge < -0.3 is 5.32 Å². The van der Waals surface area contributed by atoms with E-state index in [1.165, 1.54) is 57.2 Å². The molecule has 1 amide bonds. The quantitative estimate of drug-likeness (QED) is 0.782. The Kier molecular flexibility index (Phi) is 6.29. The number of rotatable bonds is 4. The van der Waals surface area contributed by atoms with E-state index in [1.807, 2.05) is 0 Å². The maximum absolute atomic E-state index is 13.0. The SMILES string of the molecule is NS(=O)(=O)c1cc(NC(=O)C2CCCCC2C2CCCCCC2)ccn1. The molecule has 2 unspecified atom stereocenters. The van der Waals surface area contributed by atoms with E-state index < -0.39 is 10.0 Å². The van der Waals surface area contributed by atoms with E-state index in [0.29, 0.717) is 17.5 Å². The van der Waals surface area contributed by atoms with E-state index in [9.17, 15) is 13.2 Å². The van der Waals surface area contributed by atoms with Crippen molar-refractivity contribution in [2.75, 3.05) is 5.32 Å². The van der Waals surface area contributed by atoms with Gasteiger partial charge in [-0.3, -0.25) is 4.79 Å². The van der Waals surface area contributed by atoms with E-state index in [4.69, 9.17) is 5.14 Å². The normalized spacial score (nSPS) is 25.4. The van der Waals surface area contributed by atoms with Crippen LogP contribution in [0.1, 0.15) is 64.2 Å². The number of nitrogens with one attached hydrogen (secondary N) is 1. The van der Waals surface area contributed by atoms with Crippen LogP contribution in [0.4, 0.5) is 5.69 Å². The van der Waals surface area contributed by atoms with Crippen LogP contribution < -0.4 is 10.5 Å². The van der Waals surface area contributed by atoms with Gasteiger partial charge in [0.2, 0.25) is 5.91 Å². The molecule has 0 spiro atoms. The summed E-state index contributed by atoms with van der Waals surface area (Å²) in [6.07, 6.45) is 13.3. The average molecular weight is 380 g/mol. The fourth-order valence-corrected chi connectivity index (χ4v) is 5.17. The summed E-state index contributed by atoms with van der Waals surface area (Å²) in [7, 11) is -3.88. The monoisotopic (exact) mass is 379 g/mol. The molecule has 1 aromatic heterocycles. The van der Waals surface area contributed by atoms with Gasteiger partial charge in [-0.25, -0.2) is 18.5 Å². The summed E-state index contributed by atoms with van der Waals surface area (Å²) in [5, 5.41) is 7.82. The molecule has 2 atom stereocenters. The standard InChI is InChI=1S/C19H29N3O3S/c20-26(24,25)18-13-15(11-12-21-18)22-19(23)17-10-6-5-9-16(17)14-7-3-1-2-4-8-14/h11-14,16-17H,1-10H2,(H2,20,24,25)(H,21,22,23). The third kappa shape index (κ3) is 4.82. The number of hydrogen-bond acceptors (Lipinski definition) is 4. The van der Waals surface area contributed by atoms with E-state index in [1.54, 1.807) is 6.07 Å². The Bertz CT molecular complexity index is 727. The minimum Gasteiger partial charge on any atom is -0.326 e. The summed E-state index contributed by atoms with van der Waals surface area (Å²) in [5.74, 6) is 1.11. The second kappa shape index (κ2) is 8.48. The van der Waals surface area contributed by atoms with Crippen molar-refractivity contribution in [1.82, 2.24) is 4.98 Å². The number of hydrogen-bond donors (Lipinski definition) is 2. The van der Waals surface area contributed by atoms with Gasteiger partial charge in [0, 0.05) is 23.9 Å². The molecule has 3 rings (SSSR count). The summed E-state index contributed by atoms with van der Waals surface area (Å²) >= 11 is 0. The minimum absolute atomic E-state index is 0.00511. The van der Waals surface area contributed by atoms with Crippen molar-refractivity contribution in [2.24, 2.45) is 22.9 Å². The number of anilines is 1. The molecule has 144 valence electrons. The summed E-state index contributed by atoms with van der Waals surface area (Å²) in [4.78, 5) is 16.7. The molecule has 2 aliphatic rings. The lowest BCUT2D eigenvalue weighted by Crippen LogP contribution is -2.35. The highest BCUT2D eigenvalue weighted by Gasteiger charge is 2.36. The summed E-state index contributed by atoms with van der Waals surface area (Å²) in [5.41, 5.74) is 0.444. The predicted octanol–water partition coefficient (Wildman–Crippen LogP) is 3.44. The van der Waals surface area contributed by atoms with Crippen molar-refractivity contribution < 1.29 is 13.2 Å². The lowest BCUT2D eigenvalue weighted by atomic mass is 9.70. The number of carbonyl (C=O) groups excluding carboxylic acids is 1. The zero-order valence-electron chi connectivity index (χ0n) is 15.2. The third-order valence-electron chi connectivity index (χ3n) is 5.96. The Morgan fingerprint density at radius 3 is 2.38 bits per heavy atom. The van der Waals surface area contributed by atoms with Crippen LogP contribution >= 0.6 is 0 Å². The Balaban J connectivity index is 1.72. The smallest absolute Gasteiger partial charge is 0.255 e. The molecule has 2 aliphatic carbocycles. The number of primary sulfonamides is 1. The first-order chi connectivity index (χ1) is 12.4. The van der Waals surface area contributed by atoms with Gasteiger partial charge in [-0.05, 0) is 30.7 Å². The lowest BCUT2D eigenvalue weighted by Gasteiger charge is -2.36. The molecule has 2 saturated carbocycles. The average Bonchev–Trinajstić information content (AvgIpc) is 2.90. The van der Waals surface area contributed by atoms with Crippen LogP contribution in [0.15, 0.2) is 23.4 Å². The van der Waals surface area contributed by atoms with Crippen LogP contribution in [0.5, 0.6) is 0 Å². The Morgan fingerprint density at radius 1 is 1.04 bits per heavy atom. The number of sulfonamides is 1. The van der Waals surface area contributed by atoms with E-state index in [0.717, 1.165) is 19.3 Å². The molecule has 3 N–H and O–H groups in total. The zero-order valence-corrected chi connectivity index (χ0v) is 16.0. The molecule has 26 heavy (non-hydrogen) atoms. The molecular formula is C19H29N3O3S. The number of amides is 1. The molecule has 1 heterocycles. The van der Waals surface area contributed by atoms with Crippen LogP contribution in [-0.2, 0) is 14.8 Å². The first kappa shape index (κ1) is 19.3. The largest absolute Gasteiger partial charge is 0.326 e. The molecule has 0 aromatic carbocycles. The number of pyridine rings is 1. The van der Waals surface area contributed by atoms with Gasteiger partial charge in [0.1, 0.15) is 0 Å². The summed E-state index contributed by atoms with van der Waals surface area (Å²) in [6.45, 7) is 0. The zero-order chi connectivity index (χ0) is 18.6. The summed E-state index contributed by atoms with van der Waals surface area (Å²) in [6, 6.07) is 2.94. The molecule has 6 nitrogen and oxygen atoms in total. The topological polar surface area (TPSA) is 102 Å². The number of carbonyl (C=O) groups is 1. The van der Waals surface area contributed by atoms with Gasteiger partial charge >= 0.3 is 0 Å². The molecule has 0 saturated heterocycles. The minimum atomic E-state index is -3.88. The molecule has 0 bridgehead atoms.